The fraction of sp³-hybridized carbons (Fsp3) is 0.600. The van der Waals surface area contributed by atoms with Crippen LogP contribution in [-0.4, -0.2) is 58.7 Å². The fourth-order valence-corrected chi connectivity index (χ4v) is 5.97. The topological polar surface area (TPSA) is 110 Å². The van der Waals surface area contributed by atoms with Gasteiger partial charge < -0.3 is 10.2 Å². The van der Waals surface area contributed by atoms with Crippen molar-refractivity contribution in [3.63, 3.8) is 0 Å². The first kappa shape index (κ1) is 20.8. The van der Waals surface area contributed by atoms with E-state index in [9.17, 15) is 13.2 Å². The Balaban J connectivity index is 1.40. The molecule has 4 heterocycles. The maximum atomic E-state index is 12.9. The van der Waals surface area contributed by atoms with Crippen LogP contribution < -0.4 is 10.2 Å². The minimum absolute atomic E-state index is 0.0435. The predicted octanol–water partition coefficient (Wildman–Crippen LogP) is 1.81. The predicted molar refractivity (Wildman–Crippen MR) is 114 cm³/mol. The second-order valence-electron chi connectivity index (χ2n) is 8.37. The van der Waals surface area contributed by atoms with Crippen LogP contribution in [-0.2, 0) is 14.6 Å². The van der Waals surface area contributed by atoms with Gasteiger partial charge in [0.1, 0.15) is 5.82 Å². The molecule has 30 heavy (non-hydrogen) atoms. The number of rotatable bonds is 4. The average Bonchev–Trinajstić information content (AvgIpc) is 3.22. The standard InChI is InChI=1S/C20H28N6O3S/c1-13-10-14(2)22-20(21-13)25-7-4-16(5-8-25)19(27)23-18-11-15(3)24-26(18)17-6-9-30(28,29)12-17/h10-11,16-17H,4-9,12H2,1-3H3,(H,23,27). The highest BCUT2D eigenvalue weighted by molar-refractivity contribution is 7.91. The van der Waals surface area contributed by atoms with E-state index in [2.05, 4.69) is 25.3 Å². The molecule has 1 N–H and O–H groups in total. The van der Waals surface area contributed by atoms with Crippen LogP contribution in [0.3, 0.4) is 0 Å². The van der Waals surface area contributed by atoms with Crippen LogP contribution in [0.4, 0.5) is 11.8 Å². The molecule has 2 saturated heterocycles. The third-order valence-corrected chi connectivity index (χ3v) is 7.53. The molecule has 2 aromatic heterocycles. The molecular weight excluding hydrogens is 404 g/mol. The van der Waals surface area contributed by atoms with Gasteiger partial charge in [0, 0.05) is 36.5 Å². The monoisotopic (exact) mass is 432 g/mol. The van der Waals surface area contributed by atoms with Gasteiger partial charge in [0.25, 0.3) is 0 Å². The van der Waals surface area contributed by atoms with E-state index in [4.69, 9.17) is 0 Å². The zero-order chi connectivity index (χ0) is 21.5. The maximum Gasteiger partial charge on any atom is 0.228 e. The van der Waals surface area contributed by atoms with Crippen molar-refractivity contribution in [2.24, 2.45) is 5.92 Å². The van der Waals surface area contributed by atoms with E-state index in [1.165, 1.54) is 0 Å². The second kappa shape index (κ2) is 7.98. The summed E-state index contributed by atoms with van der Waals surface area (Å²) in [6.07, 6.45) is 1.96. The minimum Gasteiger partial charge on any atom is -0.341 e. The summed E-state index contributed by atoms with van der Waals surface area (Å²) in [5.41, 5.74) is 2.64. The molecule has 2 aliphatic rings. The highest BCUT2D eigenvalue weighted by atomic mass is 32.2. The SMILES string of the molecule is Cc1cc(C)nc(N2CCC(C(=O)Nc3cc(C)nn3C3CCS(=O)(=O)C3)CC2)n1. The van der Waals surface area contributed by atoms with E-state index >= 15 is 0 Å². The van der Waals surface area contributed by atoms with Gasteiger partial charge >= 0.3 is 0 Å². The highest BCUT2D eigenvalue weighted by Gasteiger charge is 2.32. The molecule has 0 aliphatic carbocycles. The first-order valence-corrected chi connectivity index (χ1v) is 12.2. The third kappa shape index (κ3) is 4.48. The van der Waals surface area contributed by atoms with Gasteiger partial charge in [0.2, 0.25) is 11.9 Å². The molecule has 0 aromatic carbocycles. The summed E-state index contributed by atoms with van der Waals surface area (Å²) in [6, 6.07) is 3.54. The summed E-state index contributed by atoms with van der Waals surface area (Å²) in [5.74, 6) is 1.40. The zero-order valence-corrected chi connectivity index (χ0v) is 18.4. The number of carbonyl (C=O) groups excluding carboxylic acids is 1. The number of hydrogen-bond donors (Lipinski definition) is 1. The van der Waals surface area contributed by atoms with Crippen LogP contribution in [0.1, 0.15) is 42.4 Å². The summed E-state index contributed by atoms with van der Waals surface area (Å²) >= 11 is 0. The Bertz CT molecular complexity index is 1040. The number of aryl methyl sites for hydroxylation is 3. The highest BCUT2D eigenvalue weighted by Crippen LogP contribution is 2.28. The lowest BCUT2D eigenvalue weighted by molar-refractivity contribution is -0.120. The number of anilines is 2. The van der Waals surface area contributed by atoms with Crippen LogP contribution in [0.15, 0.2) is 12.1 Å². The van der Waals surface area contributed by atoms with Gasteiger partial charge in [-0.3, -0.25) is 4.79 Å². The number of piperidine rings is 1. The summed E-state index contributed by atoms with van der Waals surface area (Å²) in [5, 5.41) is 7.43. The number of nitrogens with one attached hydrogen (secondary N) is 1. The van der Waals surface area contributed by atoms with E-state index in [1.807, 2.05) is 26.8 Å². The van der Waals surface area contributed by atoms with Gasteiger partial charge in [-0.2, -0.15) is 5.10 Å². The summed E-state index contributed by atoms with van der Waals surface area (Å²) < 4.78 is 25.4. The molecule has 2 aromatic rings. The van der Waals surface area contributed by atoms with Gasteiger partial charge in [-0.05, 0) is 46.1 Å². The number of sulfone groups is 1. The summed E-state index contributed by atoms with van der Waals surface area (Å²) in [6.45, 7) is 7.20. The van der Waals surface area contributed by atoms with Crippen LogP contribution in [0.5, 0.6) is 0 Å². The Kier molecular flexibility index (Phi) is 5.52. The van der Waals surface area contributed by atoms with Crippen LogP contribution in [0.25, 0.3) is 0 Å². The molecule has 1 unspecified atom stereocenters. The number of hydrogen-bond acceptors (Lipinski definition) is 7. The molecule has 9 nitrogen and oxygen atoms in total. The first-order chi connectivity index (χ1) is 14.2. The lowest BCUT2D eigenvalue weighted by Crippen LogP contribution is -2.39. The third-order valence-electron chi connectivity index (χ3n) is 5.78. The Hall–Kier alpha value is -2.49. The number of amides is 1. The largest absolute Gasteiger partial charge is 0.341 e. The Morgan fingerprint density at radius 3 is 2.30 bits per heavy atom. The molecule has 4 rings (SSSR count). The Morgan fingerprint density at radius 2 is 1.70 bits per heavy atom. The zero-order valence-electron chi connectivity index (χ0n) is 17.6. The molecule has 1 atom stereocenters. The first-order valence-electron chi connectivity index (χ1n) is 10.3. The van der Waals surface area contributed by atoms with Crippen LogP contribution in [0, 0.1) is 26.7 Å². The normalized spacial score (nSPS) is 21.7. The van der Waals surface area contributed by atoms with Crippen molar-refractivity contribution in [2.45, 2.75) is 46.1 Å². The van der Waals surface area contributed by atoms with E-state index in [0.717, 1.165) is 36.1 Å². The smallest absolute Gasteiger partial charge is 0.228 e. The fourth-order valence-electron chi connectivity index (χ4n) is 4.28. The van der Waals surface area contributed by atoms with Gasteiger partial charge in [0.15, 0.2) is 9.84 Å². The molecule has 1 amide bonds. The van der Waals surface area contributed by atoms with Gasteiger partial charge in [-0.25, -0.2) is 23.1 Å². The second-order valence-corrected chi connectivity index (χ2v) is 10.6. The maximum absolute atomic E-state index is 12.9. The lowest BCUT2D eigenvalue weighted by atomic mass is 9.96. The molecule has 2 aliphatic heterocycles. The Morgan fingerprint density at radius 1 is 1.03 bits per heavy atom. The number of aromatic nitrogens is 4. The van der Waals surface area contributed by atoms with Crippen molar-refractivity contribution in [2.75, 3.05) is 34.8 Å². The molecule has 10 heteroatoms. The van der Waals surface area contributed by atoms with Crippen molar-refractivity contribution in [1.29, 1.82) is 0 Å². The number of carbonyl (C=O) groups is 1. The molecular formula is C20H28N6O3S. The van der Waals surface area contributed by atoms with E-state index < -0.39 is 9.84 Å². The quantitative estimate of drug-likeness (QED) is 0.784. The van der Waals surface area contributed by atoms with Crippen molar-refractivity contribution >= 4 is 27.5 Å². The van der Waals surface area contributed by atoms with E-state index in [0.29, 0.717) is 25.1 Å². The molecule has 0 radical (unpaired) electrons. The molecule has 162 valence electrons. The van der Waals surface area contributed by atoms with Crippen molar-refractivity contribution in [3.05, 3.63) is 29.2 Å². The Labute approximate surface area is 176 Å². The van der Waals surface area contributed by atoms with Crippen LogP contribution >= 0.6 is 0 Å². The van der Waals surface area contributed by atoms with Crippen LogP contribution in [0.2, 0.25) is 0 Å². The van der Waals surface area contributed by atoms with Gasteiger partial charge in [0.05, 0.1) is 23.2 Å². The van der Waals surface area contributed by atoms with Crippen molar-refractivity contribution in [3.8, 4) is 0 Å². The lowest BCUT2D eigenvalue weighted by Gasteiger charge is -2.31. The number of nitrogens with zero attached hydrogens (tertiary/aromatic N) is 5. The van der Waals surface area contributed by atoms with E-state index in [-0.39, 0.29) is 29.4 Å². The molecule has 0 saturated carbocycles. The van der Waals surface area contributed by atoms with Gasteiger partial charge in [-0.1, -0.05) is 0 Å². The molecule has 0 spiro atoms. The van der Waals surface area contributed by atoms with Crippen molar-refractivity contribution < 1.29 is 13.2 Å². The summed E-state index contributed by atoms with van der Waals surface area (Å²) in [4.78, 5) is 24.1. The van der Waals surface area contributed by atoms with Gasteiger partial charge in [-0.15, -0.1) is 0 Å². The van der Waals surface area contributed by atoms with E-state index in [1.54, 1.807) is 10.7 Å². The molecule has 2 fully saturated rings. The summed E-state index contributed by atoms with van der Waals surface area (Å²) in [7, 11) is -3.03. The van der Waals surface area contributed by atoms with Crippen molar-refractivity contribution in [1.82, 2.24) is 19.7 Å². The average molecular weight is 433 g/mol. The minimum atomic E-state index is -3.03. The molecule has 0 bridgehead atoms.